The van der Waals surface area contributed by atoms with Crippen LogP contribution in [0.4, 0.5) is 5.69 Å². The van der Waals surface area contributed by atoms with Crippen molar-refractivity contribution in [2.45, 2.75) is 51.6 Å². The lowest BCUT2D eigenvalue weighted by atomic mass is 9.87. The molecule has 1 aromatic carbocycles. The predicted octanol–water partition coefficient (Wildman–Crippen LogP) is 4.28. The highest BCUT2D eigenvalue weighted by Crippen LogP contribution is 2.26. The number of amides is 1. The summed E-state index contributed by atoms with van der Waals surface area (Å²) in [4.78, 5) is 14.7. The first-order valence-electron chi connectivity index (χ1n) is 9.30. The zero-order valence-electron chi connectivity index (χ0n) is 16.7. The van der Waals surface area contributed by atoms with Crippen molar-refractivity contribution in [3.63, 3.8) is 0 Å². The lowest BCUT2D eigenvalue weighted by Gasteiger charge is -2.34. The van der Waals surface area contributed by atoms with Gasteiger partial charge in [0.15, 0.2) is 0 Å². The molecule has 1 aromatic heterocycles. The number of nitrogens with zero attached hydrogens (tertiary/aromatic N) is 1. The molecule has 1 aliphatic heterocycles. The van der Waals surface area contributed by atoms with E-state index >= 15 is 0 Å². The summed E-state index contributed by atoms with van der Waals surface area (Å²) in [6, 6.07) is 10.8. The summed E-state index contributed by atoms with van der Waals surface area (Å²) in [5.74, 6) is 0.546. The third-order valence-corrected chi connectivity index (χ3v) is 5.05. The van der Waals surface area contributed by atoms with Gasteiger partial charge in [0.2, 0.25) is 0 Å². The van der Waals surface area contributed by atoms with E-state index < -0.39 is 0 Å². The van der Waals surface area contributed by atoms with Gasteiger partial charge >= 0.3 is 0 Å². The monoisotopic (exact) mass is 427 g/mol. The Morgan fingerprint density at radius 1 is 1.18 bits per heavy atom. The lowest BCUT2D eigenvalue weighted by molar-refractivity contribution is 0.0930. The van der Waals surface area contributed by atoms with Crippen LogP contribution in [0.25, 0.3) is 0 Å². The van der Waals surface area contributed by atoms with E-state index in [-0.39, 0.29) is 42.2 Å². The highest BCUT2D eigenvalue weighted by molar-refractivity contribution is 5.94. The van der Waals surface area contributed by atoms with Gasteiger partial charge in [0.25, 0.3) is 5.91 Å². The van der Waals surface area contributed by atoms with E-state index in [2.05, 4.69) is 55.3 Å². The Morgan fingerprint density at radius 3 is 2.29 bits per heavy atom. The number of rotatable bonds is 4. The van der Waals surface area contributed by atoms with Crippen molar-refractivity contribution in [2.24, 2.45) is 5.73 Å². The number of nitrogens with one attached hydrogen (secondary N) is 1. The minimum atomic E-state index is -0.0820. The van der Waals surface area contributed by atoms with Crippen LogP contribution in [-0.2, 0) is 12.0 Å². The number of hydrogen-bond donors (Lipinski definition) is 2. The molecule has 0 spiro atoms. The van der Waals surface area contributed by atoms with Gasteiger partial charge in [-0.1, -0.05) is 32.9 Å². The summed E-state index contributed by atoms with van der Waals surface area (Å²) >= 11 is 0. The van der Waals surface area contributed by atoms with Crippen molar-refractivity contribution in [3.8, 4) is 0 Å². The highest BCUT2D eigenvalue weighted by atomic mass is 35.5. The van der Waals surface area contributed by atoms with Gasteiger partial charge in [-0.15, -0.1) is 24.8 Å². The summed E-state index contributed by atoms with van der Waals surface area (Å²) in [6.45, 7) is 8.88. The van der Waals surface area contributed by atoms with Crippen molar-refractivity contribution in [3.05, 3.63) is 53.5 Å². The van der Waals surface area contributed by atoms with Crippen LogP contribution >= 0.6 is 24.8 Å². The van der Waals surface area contributed by atoms with Crippen LogP contribution in [0.3, 0.4) is 0 Å². The third-order valence-electron chi connectivity index (χ3n) is 5.05. The summed E-state index contributed by atoms with van der Waals surface area (Å²) in [7, 11) is 0. The van der Waals surface area contributed by atoms with Gasteiger partial charge in [0, 0.05) is 24.8 Å². The molecule has 0 saturated carbocycles. The van der Waals surface area contributed by atoms with Crippen molar-refractivity contribution >= 4 is 36.4 Å². The van der Waals surface area contributed by atoms with Gasteiger partial charge in [-0.2, -0.15) is 0 Å². The molecule has 1 aliphatic rings. The first-order valence-corrected chi connectivity index (χ1v) is 9.30. The van der Waals surface area contributed by atoms with Gasteiger partial charge < -0.3 is 20.4 Å². The molecule has 156 valence electrons. The molecule has 0 unspecified atom stereocenters. The number of furan rings is 1. The molecule has 1 saturated heterocycles. The number of benzene rings is 1. The van der Waals surface area contributed by atoms with E-state index in [1.165, 1.54) is 17.5 Å². The Morgan fingerprint density at radius 2 is 1.79 bits per heavy atom. The molecule has 7 heteroatoms. The third kappa shape index (κ3) is 5.90. The second kappa shape index (κ2) is 10.2. The molecule has 1 amide bonds. The summed E-state index contributed by atoms with van der Waals surface area (Å²) in [5, 5.41) is 3.11. The smallest absolute Gasteiger partial charge is 0.254 e. The van der Waals surface area contributed by atoms with Gasteiger partial charge in [-0.25, -0.2) is 0 Å². The lowest BCUT2D eigenvalue weighted by Crippen LogP contribution is -2.44. The van der Waals surface area contributed by atoms with Crippen molar-refractivity contribution in [1.29, 1.82) is 0 Å². The first-order chi connectivity index (χ1) is 12.4. The minimum absolute atomic E-state index is 0. The number of anilines is 1. The molecule has 0 atom stereocenters. The van der Waals surface area contributed by atoms with Crippen LogP contribution in [0.5, 0.6) is 0 Å². The van der Waals surface area contributed by atoms with Crippen molar-refractivity contribution in [2.75, 3.05) is 18.0 Å². The van der Waals surface area contributed by atoms with Crippen LogP contribution < -0.4 is 16.0 Å². The Kier molecular flexibility index (Phi) is 8.86. The molecule has 28 heavy (non-hydrogen) atoms. The van der Waals surface area contributed by atoms with Crippen LogP contribution in [0.1, 0.15) is 55.3 Å². The van der Waals surface area contributed by atoms with Gasteiger partial charge in [-0.3, -0.25) is 4.79 Å². The zero-order valence-corrected chi connectivity index (χ0v) is 18.4. The minimum Gasteiger partial charge on any atom is -0.467 e. The Balaban J connectivity index is 0.00000196. The molecule has 0 radical (unpaired) electrons. The Labute approximate surface area is 179 Å². The first kappa shape index (κ1) is 24.3. The summed E-state index contributed by atoms with van der Waals surface area (Å²) in [5.41, 5.74) is 8.84. The van der Waals surface area contributed by atoms with Crippen LogP contribution in [-0.4, -0.2) is 25.0 Å². The molecule has 5 nitrogen and oxygen atoms in total. The number of hydrogen-bond acceptors (Lipinski definition) is 4. The topological polar surface area (TPSA) is 71.5 Å². The summed E-state index contributed by atoms with van der Waals surface area (Å²) in [6.07, 6.45) is 3.35. The van der Waals surface area contributed by atoms with E-state index in [0.29, 0.717) is 17.9 Å². The van der Waals surface area contributed by atoms with Crippen molar-refractivity contribution in [1.82, 2.24) is 5.32 Å². The average molecular weight is 428 g/mol. The van der Waals surface area contributed by atoms with Crippen LogP contribution in [0.2, 0.25) is 0 Å². The standard InChI is InChI=1S/C21H29N3O2.2ClH/c1-21(2,3)16-4-6-18(7-5-16)24-10-8-17(9-11-24)23-20(25)15-12-19(13-22)26-14-15;;/h4-7,12,14,17H,8-11,13,22H2,1-3H3,(H,23,25);2*1H. The molecule has 2 heterocycles. The maximum absolute atomic E-state index is 12.3. The average Bonchev–Trinajstić information content (AvgIpc) is 3.11. The maximum Gasteiger partial charge on any atom is 0.254 e. The summed E-state index contributed by atoms with van der Waals surface area (Å²) < 4.78 is 5.24. The SMILES string of the molecule is CC(C)(C)c1ccc(N2CCC(NC(=O)c3coc(CN)c3)CC2)cc1.Cl.Cl. The van der Waals surface area contributed by atoms with Gasteiger partial charge in [0.1, 0.15) is 12.0 Å². The Hall–Kier alpha value is -1.69. The fraction of sp³-hybridized carbons (Fsp3) is 0.476. The molecule has 1 fully saturated rings. The van der Waals surface area contributed by atoms with Crippen LogP contribution in [0.15, 0.2) is 41.0 Å². The van der Waals surface area contributed by atoms with E-state index in [1.54, 1.807) is 6.07 Å². The van der Waals surface area contributed by atoms with E-state index in [0.717, 1.165) is 25.9 Å². The molecule has 3 N–H and O–H groups in total. The number of halogens is 2. The highest BCUT2D eigenvalue weighted by Gasteiger charge is 2.22. The maximum atomic E-state index is 12.3. The van der Waals surface area contributed by atoms with E-state index in [9.17, 15) is 4.79 Å². The van der Waals surface area contributed by atoms with E-state index in [1.807, 2.05) is 0 Å². The number of carbonyl (C=O) groups is 1. The number of nitrogens with two attached hydrogens (primary N) is 1. The Bertz CT molecular complexity index is 746. The van der Waals surface area contributed by atoms with E-state index in [4.69, 9.17) is 10.2 Å². The molecule has 0 bridgehead atoms. The van der Waals surface area contributed by atoms with Crippen LogP contribution in [0, 0.1) is 0 Å². The second-order valence-corrected chi connectivity index (χ2v) is 8.04. The molecule has 3 rings (SSSR count). The predicted molar refractivity (Wildman–Crippen MR) is 119 cm³/mol. The molecule has 0 aliphatic carbocycles. The number of carbonyl (C=O) groups excluding carboxylic acids is 1. The van der Waals surface area contributed by atoms with Gasteiger partial charge in [-0.05, 0) is 42.0 Å². The second-order valence-electron chi connectivity index (χ2n) is 8.04. The number of piperidine rings is 1. The molecular weight excluding hydrogens is 397 g/mol. The quantitative estimate of drug-likeness (QED) is 0.763. The fourth-order valence-corrected chi connectivity index (χ4v) is 3.33. The van der Waals surface area contributed by atoms with Crippen molar-refractivity contribution < 1.29 is 9.21 Å². The molecular formula is C21H31Cl2N3O2. The van der Waals surface area contributed by atoms with Gasteiger partial charge in [0.05, 0.1) is 12.1 Å². The zero-order chi connectivity index (χ0) is 18.7. The molecule has 2 aromatic rings. The normalized spacial score (nSPS) is 14.8. The largest absolute Gasteiger partial charge is 0.467 e. The fourth-order valence-electron chi connectivity index (χ4n) is 3.33.